The van der Waals surface area contributed by atoms with Gasteiger partial charge in [0, 0.05) is 12.6 Å². The molecular formula is C21H18N2O6S2. The predicted octanol–water partition coefficient (Wildman–Crippen LogP) is 3.77. The van der Waals surface area contributed by atoms with E-state index < -0.39 is 5.97 Å². The van der Waals surface area contributed by atoms with Gasteiger partial charge in [-0.25, -0.2) is 4.79 Å². The van der Waals surface area contributed by atoms with E-state index in [4.69, 9.17) is 21.7 Å². The molecule has 31 heavy (non-hydrogen) atoms. The number of carboxylic acids is 1. The molecule has 0 atom stereocenters. The minimum absolute atomic E-state index is 0.0628. The fraction of sp³-hybridized carbons (Fsp3) is 0.143. The van der Waals surface area contributed by atoms with Crippen LogP contribution in [0.15, 0.2) is 41.3 Å². The molecule has 2 amide bonds. The highest BCUT2D eigenvalue weighted by atomic mass is 32.2. The third-order valence-corrected chi connectivity index (χ3v) is 5.62. The van der Waals surface area contributed by atoms with E-state index in [0.29, 0.717) is 15.7 Å². The molecule has 1 heterocycles. The Labute approximate surface area is 187 Å². The molecule has 0 bridgehead atoms. The van der Waals surface area contributed by atoms with E-state index in [1.165, 1.54) is 32.1 Å². The fourth-order valence-corrected chi connectivity index (χ4v) is 4.30. The summed E-state index contributed by atoms with van der Waals surface area (Å²) in [5, 5.41) is 12.3. The van der Waals surface area contributed by atoms with Gasteiger partial charge in [-0.1, -0.05) is 30.0 Å². The molecule has 10 heteroatoms. The summed E-state index contributed by atoms with van der Waals surface area (Å²) in [5.74, 6) is -1.47. The van der Waals surface area contributed by atoms with Gasteiger partial charge in [0.05, 0.1) is 24.8 Å². The molecular weight excluding hydrogens is 440 g/mol. The molecule has 2 N–H and O–H groups in total. The molecule has 160 valence electrons. The van der Waals surface area contributed by atoms with Crippen molar-refractivity contribution >= 4 is 63.5 Å². The molecule has 1 aliphatic rings. The number of carbonyl (C=O) groups excluding carboxylic acids is 2. The normalized spacial score (nSPS) is 14.7. The van der Waals surface area contributed by atoms with Gasteiger partial charge in [-0.05, 0) is 42.0 Å². The molecule has 0 spiro atoms. The second-order valence-electron chi connectivity index (χ2n) is 6.32. The van der Waals surface area contributed by atoms with E-state index in [0.717, 1.165) is 11.8 Å². The zero-order valence-corrected chi connectivity index (χ0v) is 18.4. The Bertz CT molecular complexity index is 1110. The van der Waals surface area contributed by atoms with E-state index in [1.54, 1.807) is 36.4 Å². The summed E-state index contributed by atoms with van der Waals surface area (Å²) >= 11 is 6.43. The number of nitrogens with one attached hydrogen (secondary N) is 1. The first-order valence-electron chi connectivity index (χ1n) is 8.90. The van der Waals surface area contributed by atoms with Crippen molar-refractivity contribution in [2.75, 3.05) is 24.4 Å². The van der Waals surface area contributed by atoms with Crippen molar-refractivity contribution in [3.63, 3.8) is 0 Å². The summed E-state index contributed by atoms with van der Waals surface area (Å²) in [6.07, 6.45) is 1.47. The molecule has 1 fully saturated rings. The van der Waals surface area contributed by atoms with Gasteiger partial charge in [0.15, 0.2) is 15.8 Å². The van der Waals surface area contributed by atoms with Gasteiger partial charge in [-0.2, -0.15) is 0 Å². The van der Waals surface area contributed by atoms with E-state index >= 15 is 0 Å². The minimum atomic E-state index is -1.22. The van der Waals surface area contributed by atoms with Crippen molar-refractivity contribution < 1.29 is 29.0 Å². The number of hydrogen-bond donors (Lipinski definition) is 2. The van der Waals surface area contributed by atoms with Crippen LogP contribution >= 0.6 is 24.0 Å². The van der Waals surface area contributed by atoms with Crippen LogP contribution in [0, 0.1) is 0 Å². The maximum absolute atomic E-state index is 13.0. The fourth-order valence-electron chi connectivity index (χ4n) is 3.01. The number of anilines is 2. The lowest BCUT2D eigenvalue weighted by atomic mass is 10.0. The van der Waals surface area contributed by atoms with Gasteiger partial charge in [0.2, 0.25) is 5.91 Å². The summed E-state index contributed by atoms with van der Waals surface area (Å²) in [7, 11) is 2.75. The standard InChI is InChI=1S/C21H18N2O6S2/c1-11(24)22-13-5-7-14(8-6-13)23-19(25)16(31-21(23)30)10-12-4-9-15(28-2)18(29-3)17(12)20(26)27/h4-10H,1-3H3,(H,22,24)(H,26,27)/b16-10+. The van der Waals surface area contributed by atoms with Crippen LogP contribution in [0.4, 0.5) is 11.4 Å². The summed E-state index contributed by atoms with van der Waals surface area (Å²) in [6.45, 7) is 1.40. The van der Waals surface area contributed by atoms with E-state index in [9.17, 15) is 19.5 Å². The maximum atomic E-state index is 13.0. The number of methoxy groups -OCH3 is 2. The van der Waals surface area contributed by atoms with Crippen LogP contribution < -0.4 is 19.7 Å². The third-order valence-electron chi connectivity index (χ3n) is 4.32. The number of benzene rings is 2. The van der Waals surface area contributed by atoms with Gasteiger partial charge in [-0.15, -0.1) is 0 Å². The van der Waals surface area contributed by atoms with Crippen molar-refractivity contribution in [1.29, 1.82) is 0 Å². The molecule has 0 unspecified atom stereocenters. The van der Waals surface area contributed by atoms with Crippen molar-refractivity contribution in [2.24, 2.45) is 0 Å². The Hall–Kier alpha value is -3.37. The first kappa shape index (κ1) is 22.3. The zero-order chi connectivity index (χ0) is 22.7. The van der Waals surface area contributed by atoms with Gasteiger partial charge < -0.3 is 19.9 Å². The van der Waals surface area contributed by atoms with Gasteiger partial charge in [0.25, 0.3) is 5.91 Å². The molecule has 1 saturated heterocycles. The highest BCUT2D eigenvalue weighted by molar-refractivity contribution is 8.27. The zero-order valence-electron chi connectivity index (χ0n) is 16.8. The van der Waals surface area contributed by atoms with E-state index in [-0.39, 0.29) is 39.3 Å². The molecule has 2 aromatic rings. The summed E-state index contributed by atoms with van der Waals surface area (Å²) in [4.78, 5) is 37.7. The Kier molecular flexibility index (Phi) is 6.62. The lowest BCUT2D eigenvalue weighted by molar-refractivity contribution is -0.114. The molecule has 3 rings (SSSR count). The quantitative estimate of drug-likeness (QED) is 0.498. The maximum Gasteiger partial charge on any atom is 0.340 e. The number of nitrogens with zero attached hydrogens (tertiary/aromatic N) is 1. The third kappa shape index (κ3) is 4.54. The number of amides is 2. The second kappa shape index (κ2) is 9.19. The number of thioether (sulfide) groups is 1. The lowest BCUT2D eigenvalue weighted by Crippen LogP contribution is -2.27. The van der Waals surface area contributed by atoms with Crippen LogP contribution in [0.25, 0.3) is 6.08 Å². The number of hydrogen-bond acceptors (Lipinski definition) is 7. The molecule has 0 radical (unpaired) electrons. The topological polar surface area (TPSA) is 105 Å². The highest BCUT2D eigenvalue weighted by Crippen LogP contribution is 2.39. The largest absolute Gasteiger partial charge is 0.493 e. The summed E-state index contributed by atoms with van der Waals surface area (Å²) in [5.41, 5.74) is 1.29. The average Bonchev–Trinajstić information content (AvgIpc) is 3.00. The van der Waals surface area contributed by atoms with Crippen molar-refractivity contribution in [3.8, 4) is 11.5 Å². The Morgan fingerprint density at radius 1 is 1.13 bits per heavy atom. The smallest absolute Gasteiger partial charge is 0.340 e. The van der Waals surface area contributed by atoms with Crippen LogP contribution in [0.5, 0.6) is 11.5 Å². The number of rotatable bonds is 6. The highest BCUT2D eigenvalue weighted by Gasteiger charge is 2.34. The minimum Gasteiger partial charge on any atom is -0.493 e. The van der Waals surface area contributed by atoms with Crippen LogP contribution in [-0.4, -0.2) is 41.4 Å². The lowest BCUT2D eigenvalue weighted by Gasteiger charge is -2.15. The number of ether oxygens (including phenoxy) is 2. The van der Waals surface area contributed by atoms with Gasteiger partial charge in [0.1, 0.15) is 5.56 Å². The van der Waals surface area contributed by atoms with Crippen LogP contribution in [0.1, 0.15) is 22.8 Å². The second-order valence-corrected chi connectivity index (χ2v) is 7.99. The first-order chi connectivity index (χ1) is 14.8. The Morgan fingerprint density at radius 2 is 1.81 bits per heavy atom. The average molecular weight is 459 g/mol. The molecule has 0 aliphatic carbocycles. The van der Waals surface area contributed by atoms with Gasteiger partial charge >= 0.3 is 5.97 Å². The number of aromatic carboxylic acids is 1. The van der Waals surface area contributed by atoms with Crippen molar-refractivity contribution in [2.45, 2.75) is 6.92 Å². The molecule has 8 nitrogen and oxygen atoms in total. The molecule has 0 saturated carbocycles. The summed E-state index contributed by atoms with van der Waals surface area (Å²) in [6, 6.07) is 9.76. The molecule has 0 aromatic heterocycles. The first-order valence-corrected chi connectivity index (χ1v) is 10.1. The van der Waals surface area contributed by atoms with Gasteiger partial charge in [-0.3, -0.25) is 14.5 Å². The van der Waals surface area contributed by atoms with Crippen LogP contribution in [-0.2, 0) is 9.59 Å². The number of carbonyl (C=O) groups is 3. The van der Waals surface area contributed by atoms with E-state index in [1.807, 2.05) is 0 Å². The monoisotopic (exact) mass is 458 g/mol. The Balaban J connectivity index is 1.97. The molecule has 2 aromatic carbocycles. The Morgan fingerprint density at radius 3 is 2.35 bits per heavy atom. The number of carboxylic acid groups (broad SMARTS) is 1. The van der Waals surface area contributed by atoms with Crippen LogP contribution in [0.3, 0.4) is 0 Å². The SMILES string of the molecule is COc1ccc(/C=C2/SC(=S)N(c3ccc(NC(C)=O)cc3)C2=O)c(C(=O)O)c1OC. The van der Waals surface area contributed by atoms with Crippen molar-refractivity contribution in [3.05, 3.63) is 52.4 Å². The molecule has 1 aliphatic heterocycles. The predicted molar refractivity (Wildman–Crippen MR) is 123 cm³/mol. The van der Waals surface area contributed by atoms with Crippen molar-refractivity contribution in [1.82, 2.24) is 0 Å². The number of thiocarbonyl (C=S) groups is 1. The van der Waals surface area contributed by atoms with E-state index in [2.05, 4.69) is 5.32 Å². The summed E-state index contributed by atoms with van der Waals surface area (Å²) < 4.78 is 10.7. The van der Waals surface area contributed by atoms with Crippen LogP contribution in [0.2, 0.25) is 0 Å².